The van der Waals surface area contributed by atoms with E-state index in [4.69, 9.17) is 0 Å². The average Bonchev–Trinajstić information content (AvgIpc) is 2.48. The first-order valence-electron chi connectivity index (χ1n) is 4.53. The number of hydrogen-bond donors (Lipinski definition) is 2. The Balaban J connectivity index is 2.52. The van der Waals surface area contributed by atoms with Gasteiger partial charge in [-0.3, -0.25) is 5.10 Å². The maximum atomic E-state index is 4.14. The molecule has 12 heavy (non-hydrogen) atoms. The average molecular weight is 167 g/mol. The third-order valence-corrected chi connectivity index (χ3v) is 1.78. The summed E-state index contributed by atoms with van der Waals surface area (Å²) in [5, 5.41) is 10.4. The van der Waals surface area contributed by atoms with Crippen LogP contribution in [0.3, 0.4) is 0 Å². The molecule has 1 rings (SSSR count). The second kappa shape index (κ2) is 4.14. The molecule has 3 nitrogen and oxygen atoms in total. The predicted octanol–water partition coefficient (Wildman–Crippen LogP) is 2.35. The minimum absolute atomic E-state index is 0.523. The van der Waals surface area contributed by atoms with Crippen LogP contribution in [-0.4, -0.2) is 16.7 Å². The highest BCUT2D eigenvalue weighted by Gasteiger charge is 2.02. The van der Waals surface area contributed by atoms with Crippen molar-refractivity contribution in [3.05, 3.63) is 11.8 Å². The van der Waals surface area contributed by atoms with Crippen LogP contribution in [0.2, 0.25) is 0 Å². The Kier molecular flexibility index (Phi) is 3.14. The number of rotatable bonds is 4. The van der Waals surface area contributed by atoms with Crippen molar-refractivity contribution < 1.29 is 0 Å². The predicted molar refractivity (Wildman–Crippen MR) is 51.5 cm³/mol. The third kappa shape index (κ3) is 2.26. The van der Waals surface area contributed by atoms with E-state index in [-0.39, 0.29) is 0 Å². The van der Waals surface area contributed by atoms with E-state index < -0.39 is 0 Å². The smallest absolute Gasteiger partial charge is 0.148 e. The fourth-order valence-electron chi connectivity index (χ4n) is 0.976. The Hall–Kier alpha value is -0.990. The van der Waals surface area contributed by atoms with E-state index in [0.717, 1.165) is 18.8 Å². The molecule has 0 saturated carbocycles. The van der Waals surface area contributed by atoms with Crippen molar-refractivity contribution in [3.63, 3.8) is 0 Å². The van der Waals surface area contributed by atoms with Gasteiger partial charge in [0, 0.05) is 18.3 Å². The van der Waals surface area contributed by atoms with E-state index in [2.05, 4.69) is 42.4 Å². The minimum atomic E-state index is 0.523. The SMILES string of the molecule is CCCNc1cc(C(C)C)[nH]n1. The maximum Gasteiger partial charge on any atom is 0.148 e. The molecule has 0 amide bonds. The third-order valence-electron chi connectivity index (χ3n) is 1.78. The first-order chi connectivity index (χ1) is 5.74. The number of anilines is 1. The lowest BCUT2D eigenvalue weighted by molar-refractivity contribution is 0.810. The van der Waals surface area contributed by atoms with Crippen LogP contribution < -0.4 is 5.32 Å². The molecule has 0 aromatic carbocycles. The number of aromatic nitrogens is 2. The van der Waals surface area contributed by atoms with Crippen LogP contribution in [0.4, 0.5) is 5.82 Å². The quantitative estimate of drug-likeness (QED) is 0.722. The van der Waals surface area contributed by atoms with Gasteiger partial charge in [0.25, 0.3) is 0 Å². The van der Waals surface area contributed by atoms with Crippen LogP contribution in [0.5, 0.6) is 0 Å². The molecule has 0 saturated heterocycles. The van der Waals surface area contributed by atoms with Gasteiger partial charge in [-0.2, -0.15) is 5.10 Å². The molecule has 1 heterocycles. The summed E-state index contributed by atoms with van der Waals surface area (Å²) < 4.78 is 0. The second-order valence-corrected chi connectivity index (χ2v) is 3.29. The number of nitrogens with one attached hydrogen (secondary N) is 2. The summed E-state index contributed by atoms with van der Waals surface area (Å²) in [5.74, 6) is 1.48. The van der Waals surface area contributed by atoms with E-state index in [1.807, 2.05) is 0 Å². The monoisotopic (exact) mass is 167 g/mol. The van der Waals surface area contributed by atoms with Gasteiger partial charge in [0.05, 0.1) is 0 Å². The first-order valence-corrected chi connectivity index (χ1v) is 4.53. The molecule has 3 heteroatoms. The van der Waals surface area contributed by atoms with Gasteiger partial charge >= 0.3 is 0 Å². The number of hydrogen-bond acceptors (Lipinski definition) is 2. The van der Waals surface area contributed by atoms with Crippen molar-refractivity contribution in [2.45, 2.75) is 33.1 Å². The molecule has 0 aliphatic carbocycles. The Morgan fingerprint density at radius 3 is 2.83 bits per heavy atom. The van der Waals surface area contributed by atoms with Gasteiger partial charge in [0.15, 0.2) is 0 Å². The van der Waals surface area contributed by atoms with Crippen molar-refractivity contribution in [2.75, 3.05) is 11.9 Å². The van der Waals surface area contributed by atoms with E-state index in [1.54, 1.807) is 0 Å². The fraction of sp³-hybridized carbons (Fsp3) is 0.667. The van der Waals surface area contributed by atoms with Gasteiger partial charge in [-0.25, -0.2) is 0 Å². The Bertz CT molecular complexity index is 227. The summed E-state index contributed by atoms with van der Waals surface area (Å²) in [5.41, 5.74) is 1.19. The number of aromatic amines is 1. The molecule has 1 aromatic rings. The largest absolute Gasteiger partial charge is 0.369 e. The van der Waals surface area contributed by atoms with Gasteiger partial charge < -0.3 is 5.32 Å². The van der Waals surface area contributed by atoms with Crippen LogP contribution in [-0.2, 0) is 0 Å². The van der Waals surface area contributed by atoms with Gasteiger partial charge in [-0.1, -0.05) is 20.8 Å². The maximum absolute atomic E-state index is 4.14. The molecule has 0 radical (unpaired) electrons. The van der Waals surface area contributed by atoms with Crippen molar-refractivity contribution in [1.29, 1.82) is 0 Å². The lowest BCUT2D eigenvalue weighted by Gasteiger charge is -1.98. The molecule has 0 bridgehead atoms. The number of nitrogens with zero attached hydrogens (tertiary/aromatic N) is 1. The van der Waals surface area contributed by atoms with Crippen molar-refractivity contribution >= 4 is 5.82 Å². The molecule has 68 valence electrons. The summed E-state index contributed by atoms with van der Waals surface area (Å²) in [4.78, 5) is 0. The van der Waals surface area contributed by atoms with E-state index in [9.17, 15) is 0 Å². The standard InChI is InChI=1S/C9H17N3/c1-4-5-10-9-6-8(7(2)3)11-12-9/h6-7H,4-5H2,1-3H3,(H2,10,11,12). The summed E-state index contributed by atoms with van der Waals surface area (Å²) in [6.45, 7) is 7.43. The lowest BCUT2D eigenvalue weighted by atomic mass is 10.1. The van der Waals surface area contributed by atoms with Gasteiger partial charge in [0.1, 0.15) is 5.82 Å². The molecular weight excluding hydrogens is 150 g/mol. The summed E-state index contributed by atoms with van der Waals surface area (Å²) in [7, 11) is 0. The van der Waals surface area contributed by atoms with Crippen molar-refractivity contribution in [3.8, 4) is 0 Å². The summed E-state index contributed by atoms with van der Waals surface area (Å²) in [6, 6.07) is 2.07. The van der Waals surface area contributed by atoms with E-state index in [1.165, 1.54) is 5.69 Å². The van der Waals surface area contributed by atoms with Crippen LogP contribution in [0, 0.1) is 0 Å². The molecule has 0 aliphatic rings. The van der Waals surface area contributed by atoms with Crippen LogP contribution in [0.25, 0.3) is 0 Å². The Morgan fingerprint density at radius 2 is 2.33 bits per heavy atom. The molecule has 0 fully saturated rings. The normalized spacial score (nSPS) is 10.7. The van der Waals surface area contributed by atoms with Gasteiger partial charge in [-0.05, 0) is 12.3 Å². The molecular formula is C9H17N3. The van der Waals surface area contributed by atoms with Crippen molar-refractivity contribution in [2.24, 2.45) is 0 Å². The molecule has 0 unspecified atom stereocenters. The zero-order valence-electron chi connectivity index (χ0n) is 8.02. The van der Waals surface area contributed by atoms with E-state index in [0.29, 0.717) is 5.92 Å². The highest BCUT2D eigenvalue weighted by molar-refractivity contribution is 5.35. The first kappa shape index (κ1) is 9.10. The van der Waals surface area contributed by atoms with Gasteiger partial charge in [-0.15, -0.1) is 0 Å². The molecule has 0 aliphatic heterocycles. The molecule has 1 aromatic heterocycles. The highest BCUT2D eigenvalue weighted by Crippen LogP contribution is 2.14. The Morgan fingerprint density at radius 1 is 1.58 bits per heavy atom. The molecule has 0 atom stereocenters. The fourth-order valence-corrected chi connectivity index (χ4v) is 0.976. The van der Waals surface area contributed by atoms with Crippen LogP contribution >= 0.6 is 0 Å². The Labute approximate surface area is 73.6 Å². The zero-order valence-corrected chi connectivity index (χ0v) is 8.02. The number of H-pyrrole nitrogens is 1. The van der Waals surface area contributed by atoms with E-state index >= 15 is 0 Å². The van der Waals surface area contributed by atoms with Gasteiger partial charge in [0.2, 0.25) is 0 Å². The zero-order chi connectivity index (χ0) is 8.97. The molecule has 2 N–H and O–H groups in total. The second-order valence-electron chi connectivity index (χ2n) is 3.29. The minimum Gasteiger partial charge on any atom is -0.369 e. The van der Waals surface area contributed by atoms with Crippen LogP contribution in [0.15, 0.2) is 6.07 Å². The molecule has 0 spiro atoms. The highest BCUT2D eigenvalue weighted by atomic mass is 15.2. The van der Waals surface area contributed by atoms with Crippen molar-refractivity contribution in [1.82, 2.24) is 10.2 Å². The van der Waals surface area contributed by atoms with Crippen LogP contribution in [0.1, 0.15) is 38.8 Å². The summed E-state index contributed by atoms with van der Waals surface area (Å²) >= 11 is 0. The topological polar surface area (TPSA) is 40.7 Å². The summed E-state index contributed by atoms with van der Waals surface area (Å²) in [6.07, 6.45) is 1.13. The lowest BCUT2D eigenvalue weighted by Crippen LogP contribution is -1.99.